The maximum Gasteiger partial charge on any atom is 0.175 e. The Kier molecular flexibility index (Phi) is 5.78. The van der Waals surface area contributed by atoms with Gasteiger partial charge in [-0.3, -0.25) is 0 Å². The van der Waals surface area contributed by atoms with Crippen molar-refractivity contribution in [2.75, 3.05) is 19.3 Å². The molecule has 2 atom stereocenters. The van der Waals surface area contributed by atoms with Crippen LogP contribution in [0.4, 0.5) is 0 Å². The summed E-state index contributed by atoms with van der Waals surface area (Å²) in [6, 6.07) is 14.0. The number of hydrogen-bond acceptors (Lipinski definition) is 5. The molecule has 7 heteroatoms. The van der Waals surface area contributed by atoms with Gasteiger partial charge in [0.2, 0.25) is 0 Å². The average Bonchev–Trinajstić information content (AvgIpc) is 3.37. The number of piperidine rings is 2. The maximum absolute atomic E-state index is 11.8. The monoisotopic (exact) mass is 492 g/mol. The molecule has 1 N–H and O–H groups in total. The van der Waals surface area contributed by atoms with E-state index in [-0.39, 0.29) is 0 Å². The number of sulfone groups is 1. The molecular formula is C28H36N4O2S. The van der Waals surface area contributed by atoms with E-state index in [4.69, 9.17) is 4.98 Å². The number of benzene rings is 2. The third-order valence-corrected chi connectivity index (χ3v) is 9.83. The number of fused-ring (bicyclic) bond motifs is 3. The van der Waals surface area contributed by atoms with Crippen LogP contribution in [0.15, 0.2) is 41.3 Å². The van der Waals surface area contributed by atoms with E-state index in [0.717, 1.165) is 40.5 Å². The molecule has 3 aromatic rings. The number of imidazole rings is 1. The van der Waals surface area contributed by atoms with Gasteiger partial charge in [0.15, 0.2) is 9.84 Å². The summed E-state index contributed by atoms with van der Waals surface area (Å²) in [4.78, 5) is 8.06. The molecule has 0 saturated carbocycles. The van der Waals surface area contributed by atoms with Crippen molar-refractivity contribution in [3.63, 3.8) is 0 Å². The van der Waals surface area contributed by atoms with Gasteiger partial charge in [-0.1, -0.05) is 6.07 Å². The largest absolute Gasteiger partial charge is 0.327 e. The zero-order valence-corrected chi connectivity index (χ0v) is 21.8. The summed E-state index contributed by atoms with van der Waals surface area (Å²) in [5.74, 6) is 1.47. The molecule has 6 nitrogen and oxygen atoms in total. The topological polar surface area (TPSA) is 67.2 Å². The van der Waals surface area contributed by atoms with Crippen LogP contribution >= 0.6 is 0 Å². The van der Waals surface area contributed by atoms with Crippen LogP contribution in [-0.4, -0.2) is 60.3 Å². The molecule has 0 spiro atoms. The second kappa shape index (κ2) is 8.71. The Hall–Kier alpha value is -2.22. The lowest BCUT2D eigenvalue weighted by Gasteiger charge is -2.41. The molecule has 0 radical (unpaired) electrons. The Labute approximate surface area is 208 Å². The van der Waals surface area contributed by atoms with Crippen molar-refractivity contribution in [3.8, 4) is 11.4 Å². The molecule has 2 unspecified atom stereocenters. The summed E-state index contributed by atoms with van der Waals surface area (Å²) in [6.45, 7) is 4.57. The highest BCUT2D eigenvalue weighted by atomic mass is 32.2. The van der Waals surface area contributed by atoms with Crippen molar-refractivity contribution in [1.82, 2.24) is 19.8 Å². The quantitative estimate of drug-likeness (QED) is 0.584. The van der Waals surface area contributed by atoms with Gasteiger partial charge in [0.1, 0.15) is 5.82 Å². The Balaban J connectivity index is 1.22. The number of nitrogens with one attached hydrogen (secondary N) is 1. The summed E-state index contributed by atoms with van der Waals surface area (Å²) in [6.07, 6.45) is 9.08. The molecule has 3 aliphatic heterocycles. The van der Waals surface area contributed by atoms with E-state index < -0.39 is 9.84 Å². The van der Waals surface area contributed by atoms with Crippen LogP contribution in [0.5, 0.6) is 0 Å². The molecule has 3 aliphatic rings. The van der Waals surface area contributed by atoms with E-state index in [0.29, 0.717) is 10.8 Å². The average molecular weight is 493 g/mol. The van der Waals surface area contributed by atoms with Gasteiger partial charge in [0, 0.05) is 37.0 Å². The van der Waals surface area contributed by atoms with E-state index in [1.807, 2.05) is 12.1 Å². The van der Waals surface area contributed by atoms with Crippen molar-refractivity contribution < 1.29 is 8.42 Å². The fourth-order valence-corrected chi connectivity index (χ4v) is 7.38. The Bertz CT molecular complexity index is 1340. The number of aromatic nitrogens is 2. The minimum atomic E-state index is -3.21. The standard InChI is InChI=1S/C28H36N4O2S/c1-18-14-21(19-10-12-32(13-11-19)24-16-22-6-7-23(17-24)29-22)15-26-27(18)30-28(31(26)2)20-4-8-25(9-5-20)35(3,33)34/h4-5,8-9,14-15,19,22-24,29H,6-7,10-13,16-17H2,1-3H3. The first kappa shape index (κ1) is 23.2. The summed E-state index contributed by atoms with van der Waals surface area (Å²) in [5.41, 5.74) is 5.76. The Morgan fingerprint density at radius 2 is 1.63 bits per heavy atom. The highest BCUT2D eigenvalue weighted by Gasteiger charge is 2.37. The smallest absolute Gasteiger partial charge is 0.175 e. The summed E-state index contributed by atoms with van der Waals surface area (Å²) < 4.78 is 25.8. The van der Waals surface area contributed by atoms with E-state index in [1.165, 1.54) is 69.0 Å². The number of hydrogen-bond donors (Lipinski definition) is 1. The molecule has 0 aliphatic carbocycles. The molecule has 1 aromatic heterocycles. The van der Waals surface area contributed by atoms with Crippen LogP contribution in [0.3, 0.4) is 0 Å². The van der Waals surface area contributed by atoms with Crippen molar-refractivity contribution in [1.29, 1.82) is 0 Å². The number of nitrogens with zero attached hydrogens (tertiary/aromatic N) is 3. The molecule has 6 rings (SSSR count). The van der Waals surface area contributed by atoms with Gasteiger partial charge in [-0.2, -0.15) is 0 Å². The van der Waals surface area contributed by atoms with Gasteiger partial charge in [-0.05, 0) is 106 Å². The molecule has 4 heterocycles. The number of aryl methyl sites for hydroxylation is 2. The molecule has 35 heavy (non-hydrogen) atoms. The fourth-order valence-electron chi connectivity index (χ4n) is 6.75. The van der Waals surface area contributed by atoms with Gasteiger partial charge < -0.3 is 14.8 Å². The van der Waals surface area contributed by atoms with E-state index in [2.05, 4.69) is 40.9 Å². The minimum absolute atomic E-state index is 0.335. The van der Waals surface area contributed by atoms with E-state index in [9.17, 15) is 8.42 Å². The van der Waals surface area contributed by atoms with Gasteiger partial charge in [0.05, 0.1) is 15.9 Å². The van der Waals surface area contributed by atoms with Crippen LogP contribution in [0.2, 0.25) is 0 Å². The summed E-state index contributed by atoms with van der Waals surface area (Å²) in [7, 11) is -1.15. The lowest BCUT2D eigenvalue weighted by atomic mass is 9.86. The lowest BCUT2D eigenvalue weighted by molar-refractivity contribution is 0.111. The summed E-state index contributed by atoms with van der Waals surface area (Å²) >= 11 is 0. The number of rotatable bonds is 4. The number of likely N-dealkylation sites (tertiary alicyclic amines) is 1. The SMILES string of the molecule is Cc1cc(C2CCN(C3CC4CCC(C3)N4)CC2)cc2c1nc(-c1ccc(S(C)(=O)=O)cc1)n2C. The Morgan fingerprint density at radius 1 is 0.971 bits per heavy atom. The molecular weight excluding hydrogens is 456 g/mol. The fraction of sp³-hybridized carbons (Fsp3) is 0.536. The van der Waals surface area contributed by atoms with Gasteiger partial charge in [-0.15, -0.1) is 0 Å². The predicted octanol–water partition coefficient (Wildman–Crippen LogP) is 4.41. The first-order chi connectivity index (χ1) is 16.8. The Morgan fingerprint density at radius 3 is 2.26 bits per heavy atom. The minimum Gasteiger partial charge on any atom is -0.327 e. The molecule has 2 bridgehead atoms. The lowest BCUT2D eigenvalue weighted by Crippen LogP contribution is -2.50. The van der Waals surface area contributed by atoms with Crippen molar-refractivity contribution in [2.24, 2.45) is 7.05 Å². The second-order valence-electron chi connectivity index (χ2n) is 11.1. The third-order valence-electron chi connectivity index (χ3n) is 8.71. The van der Waals surface area contributed by atoms with E-state index in [1.54, 1.807) is 12.1 Å². The third kappa shape index (κ3) is 4.32. The summed E-state index contributed by atoms with van der Waals surface area (Å²) in [5, 5.41) is 3.78. The molecule has 186 valence electrons. The van der Waals surface area contributed by atoms with Gasteiger partial charge in [0.25, 0.3) is 0 Å². The van der Waals surface area contributed by atoms with Crippen LogP contribution in [0, 0.1) is 6.92 Å². The van der Waals surface area contributed by atoms with Crippen molar-refractivity contribution in [2.45, 2.75) is 74.4 Å². The molecule has 2 aromatic carbocycles. The molecule has 3 fully saturated rings. The van der Waals surface area contributed by atoms with Crippen LogP contribution < -0.4 is 5.32 Å². The van der Waals surface area contributed by atoms with Crippen LogP contribution in [-0.2, 0) is 16.9 Å². The maximum atomic E-state index is 11.8. The predicted molar refractivity (Wildman–Crippen MR) is 141 cm³/mol. The van der Waals surface area contributed by atoms with E-state index >= 15 is 0 Å². The van der Waals surface area contributed by atoms with Crippen molar-refractivity contribution in [3.05, 3.63) is 47.5 Å². The second-order valence-corrected chi connectivity index (χ2v) is 13.1. The van der Waals surface area contributed by atoms with Gasteiger partial charge in [-0.25, -0.2) is 13.4 Å². The van der Waals surface area contributed by atoms with Gasteiger partial charge >= 0.3 is 0 Å². The zero-order chi connectivity index (χ0) is 24.3. The highest BCUT2D eigenvalue weighted by molar-refractivity contribution is 7.90. The van der Waals surface area contributed by atoms with Crippen LogP contribution in [0.25, 0.3) is 22.4 Å². The molecule has 3 saturated heterocycles. The normalized spacial score (nSPS) is 26.0. The zero-order valence-electron chi connectivity index (χ0n) is 21.0. The molecule has 0 amide bonds. The first-order valence-electron chi connectivity index (χ1n) is 13.0. The highest BCUT2D eigenvalue weighted by Crippen LogP contribution is 2.36. The first-order valence-corrected chi connectivity index (χ1v) is 14.9. The van der Waals surface area contributed by atoms with Crippen molar-refractivity contribution >= 4 is 20.9 Å². The van der Waals surface area contributed by atoms with Crippen LogP contribution in [0.1, 0.15) is 55.6 Å².